The lowest BCUT2D eigenvalue weighted by molar-refractivity contribution is 0.112. The van der Waals surface area contributed by atoms with Crippen LogP contribution in [0.5, 0.6) is 0 Å². The Morgan fingerprint density at radius 2 is 1.78 bits per heavy atom. The van der Waals surface area contributed by atoms with Crippen LogP contribution in [0.15, 0.2) is 48.5 Å². The molecular weight excluding hydrogens is 472 g/mol. The van der Waals surface area contributed by atoms with Gasteiger partial charge in [-0.1, -0.05) is 12.1 Å². The van der Waals surface area contributed by atoms with Crippen molar-refractivity contribution in [2.24, 2.45) is 0 Å². The third kappa shape index (κ3) is 8.07. The maximum Gasteiger partial charge on any atom is 0.228 e. The standard InChI is InChI=1S/C25H28N6O3.C2H6O/c1-33-11-8-27-22-14-19(4-5-20(22)16-26)23-15-24(28-21-6-2-18(17-32)3-7-21)30-25(29-23)31-9-12-34-13-10-31;1-3-2/h2-7,14-17,26-27H,8-13H2,1H3,(H,28,29,30);1-2H3. The smallest absolute Gasteiger partial charge is 0.228 e. The van der Waals surface area contributed by atoms with E-state index in [9.17, 15) is 4.79 Å². The van der Waals surface area contributed by atoms with Crippen LogP contribution in [0.1, 0.15) is 15.9 Å². The van der Waals surface area contributed by atoms with Crippen molar-refractivity contribution in [3.8, 4) is 11.3 Å². The molecule has 0 aliphatic carbocycles. The summed E-state index contributed by atoms with van der Waals surface area (Å²) >= 11 is 0. The molecule has 10 heteroatoms. The molecule has 1 aromatic heterocycles. The predicted molar refractivity (Wildman–Crippen MR) is 147 cm³/mol. The Morgan fingerprint density at radius 3 is 2.43 bits per heavy atom. The maximum absolute atomic E-state index is 11.0. The van der Waals surface area contributed by atoms with Crippen LogP contribution in [0.3, 0.4) is 0 Å². The molecule has 1 fully saturated rings. The van der Waals surface area contributed by atoms with E-state index in [1.54, 1.807) is 33.5 Å². The molecule has 2 heterocycles. The van der Waals surface area contributed by atoms with Crippen LogP contribution in [0.4, 0.5) is 23.1 Å². The van der Waals surface area contributed by atoms with Gasteiger partial charge in [-0.2, -0.15) is 4.98 Å². The molecule has 0 saturated carbocycles. The fourth-order valence-electron chi connectivity index (χ4n) is 3.63. The lowest BCUT2D eigenvalue weighted by Crippen LogP contribution is -2.37. The number of carbonyl (C=O) groups excluding carboxylic acids is 1. The van der Waals surface area contributed by atoms with Gasteiger partial charge in [-0.25, -0.2) is 4.98 Å². The van der Waals surface area contributed by atoms with E-state index < -0.39 is 0 Å². The molecule has 1 saturated heterocycles. The number of ether oxygens (including phenoxy) is 3. The molecule has 0 bridgehead atoms. The van der Waals surface area contributed by atoms with Gasteiger partial charge in [0.2, 0.25) is 5.95 Å². The second kappa shape index (κ2) is 14.6. The number of aromatic nitrogens is 2. The van der Waals surface area contributed by atoms with Gasteiger partial charge in [-0.05, 0) is 30.3 Å². The highest BCUT2D eigenvalue weighted by Crippen LogP contribution is 2.28. The van der Waals surface area contributed by atoms with Gasteiger partial charge in [-0.15, -0.1) is 0 Å². The topological polar surface area (TPSA) is 122 Å². The Kier molecular flexibility index (Phi) is 11.0. The molecular formula is C27H34N6O4. The SMILES string of the molecule is COC.COCCNc1cc(-c2cc(Nc3ccc(C=O)cc3)nc(N3CCOCC3)n2)ccc1C=N. The van der Waals surface area contributed by atoms with Gasteiger partial charge in [0.05, 0.1) is 25.5 Å². The summed E-state index contributed by atoms with van der Waals surface area (Å²) in [7, 11) is 4.91. The first-order chi connectivity index (χ1) is 18.1. The molecule has 0 radical (unpaired) electrons. The number of rotatable bonds is 10. The third-order valence-electron chi connectivity index (χ3n) is 5.45. The normalized spacial score (nSPS) is 12.8. The van der Waals surface area contributed by atoms with Crippen molar-refractivity contribution >= 4 is 35.6 Å². The summed E-state index contributed by atoms with van der Waals surface area (Å²) in [6, 6.07) is 14.9. The van der Waals surface area contributed by atoms with Gasteiger partial charge >= 0.3 is 0 Å². The molecule has 0 spiro atoms. The number of hydrogen-bond donors (Lipinski definition) is 3. The zero-order chi connectivity index (χ0) is 26.5. The highest BCUT2D eigenvalue weighted by Gasteiger charge is 2.17. The number of nitrogens with one attached hydrogen (secondary N) is 3. The molecule has 37 heavy (non-hydrogen) atoms. The highest BCUT2D eigenvalue weighted by molar-refractivity contribution is 5.88. The van der Waals surface area contributed by atoms with E-state index in [-0.39, 0.29) is 0 Å². The van der Waals surface area contributed by atoms with Crippen molar-refractivity contribution in [1.82, 2.24) is 9.97 Å². The van der Waals surface area contributed by atoms with Crippen LogP contribution >= 0.6 is 0 Å². The molecule has 10 nitrogen and oxygen atoms in total. The zero-order valence-corrected chi connectivity index (χ0v) is 21.5. The molecule has 4 rings (SSSR count). The lowest BCUT2D eigenvalue weighted by atomic mass is 10.1. The van der Waals surface area contributed by atoms with Crippen molar-refractivity contribution in [3.63, 3.8) is 0 Å². The third-order valence-corrected chi connectivity index (χ3v) is 5.45. The van der Waals surface area contributed by atoms with E-state index >= 15 is 0 Å². The van der Waals surface area contributed by atoms with E-state index in [0.717, 1.165) is 34.5 Å². The average molecular weight is 507 g/mol. The fraction of sp³-hybridized carbons (Fsp3) is 0.333. The quantitative estimate of drug-likeness (QED) is 0.214. The molecule has 1 aliphatic rings. The number of morpholine rings is 1. The molecule has 0 amide bonds. The molecule has 196 valence electrons. The van der Waals surface area contributed by atoms with Gasteiger partial charge in [-0.3, -0.25) is 4.79 Å². The minimum absolute atomic E-state index is 0.563. The summed E-state index contributed by atoms with van der Waals surface area (Å²) in [6.07, 6.45) is 2.15. The summed E-state index contributed by atoms with van der Waals surface area (Å²) in [5.74, 6) is 1.27. The first kappa shape index (κ1) is 27.7. The van der Waals surface area contributed by atoms with Crippen molar-refractivity contribution in [1.29, 1.82) is 5.41 Å². The minimum Gasteiger partial charge on any atom is -0.388 e. The number of aldehydes is 1. The largest absolute Gasteiger partial charge is 0.388 e. The number of methoxy groups -OCH3 is 2. The minimum atomic E-state index is 0.563. The molecule has 0 unspecified atom stereocenters. The van der Waals surface area contributed by atoms with E-state index in [1.165, 1.54) is 6.21 Å². The van der Waals surface area contributed by atoms with Crippen molar-refractivity contribution in [2.45, 2.75) is 0 Å². The maximum atomic E-state index is 11.0. The fourth-order valence-corrected chi connectivity index (χ4v) is 3.63. The first-order valence-electron chi connectivity index (χ1n) is 11.9. The predicted octanol–water partition coefficient (Wildman–Crippen LogP) is 3.85. The second-order valence-corrected chi connectivity index (χ2v) is 8.18. The molecule has 3 N–H and O–H groups in total. The van der Waals surface area contributed by atoms with Gasteiger partial charge in [0.15, 0.2) is 0 Å². The van der Waals surface area contributed by atoms with Gasteiger partial charge in [0, 0.05) is 81.3 Å². The Hall–Kier alpha value is -3.86. The van der Waals surface area contributed by atoms with Crippen LogP contribution < -0.4 is 15.5 Å². The van der Waals surface area contributed by atoms with E-state index in [2.05, 4.69) is 20.3 Å². The second-order valence-electron chi connectivity index (χ2n) is 8.18. The zero-order valence-electron chi connectivity index (χ0n) is 21.5. The molecule has 0 atom stereocenters. The lowest BCUT2D eigenvalue weighted by Gasteiger charge is -2.27. The Labute approximate surface area is 217 Å². The van der Waals surface area contributed by atoms with Crippen LogP contribution in [0, 0.1) is 5.41 Å². The number of hydrogen-bond acceptors (Lipinski definition) is 10. The summed E-state index contributed by atoms with van der Waals surface area (Å²) < 4.78 is 14.9. The van der Waals surface area contributed by atoms with Gasteiger partial charge in [0.1, 0.15) is 12.1 Å². The first-order valence-corrected chi connectivity index (χ1v) is 11.9. The van der Waals surface area contributed by atoms with E-state index in [0.29, 0.717) is 56.8 Å². The molecule has 1 aliphatic heterocycles. The number of benzene rings is 2. The van der Waals surface area contributed by atoms with Crippen LogP contribution in [0.25, 0.3) is 11.3 Å². The Morgan fingerprint density at radius 1 is 1.05 bits per heavy atom. The number of nitrogens with zero attached hydrogens (tertiary/aromatic N) is 3. The van der Waals surface area contributed by atoms with E-state index in [4.69, 9.17) is 24.9 Å². The Balaban J connectivity index is 0.00000121. The number of anilines is 4. The van der Waals surface area contributed by atoms with Gasteiger partial charge < -0.3 is 35.2 Å². The Bertz CT molecular complexity index is 1150. The number of carbonyl (C=O) groups is 1. The molecule has 2 aromatic carbocycles. The average Bonchev–Trinajstić information content (AvgIpc) is 2.94. The monoisotopic (exact) mass is 506 g/mol. The van der Waals surface area contributed by atoms with Crippen molar-refractivity contribution in [2.75, 3.05) is 76.3 Å². The van der Waals surface area contributed by atoms with Crippen LogP contribution in [0.2, 0.25) is 0 Å². The van der Waals surface area contributed by atoms with Crippen molar-refractivity contribution in [3.05, 3.63) is 59.7 Å². The summed E-state index contributed by atoms with van der Waals surface area (Å²) in [4.78, 5) is 22.7. The summed E-state index contributed by atoms with van der Waals surface area (Å²) in [5, 5.41) is 14.4. The summed E-state index contributed by atoms with van der Waals surface area (Å²) in [6.45, 7) is 3.89. The molecule has 3 aromatic rings. The van der Waals surface area contributed by atoms with Gasteiger partial charge in [0.25, 0.3) is 0 Å². The van der Waals surface area contributed by atoms with Crippen molar-refractivity contribution < 1.29 is 19.0 Å². The van der Waals surface area contributed by atoms with Crippen LogP contribution in [-0.4, -0.2) is 83.3 Å². The summed E-state index contributed by atoms with van der Waals surface area (Å²) in [5.41, 5.74) is 4.73. The van der Waals surface area contributed by atoms with E-state index in [1.807, 2.05) is 36.4 Å². The van der Waals surface area contributed by atoms with Crippen LogP contribution in [-0.2, 0) is 14.2 Å². The highest BCUT2D eigenvalue weighted by atomic mass is 16.5.